The van der Waals surface area contributed by atoms with Crippen LogP contribution < -0.4 is 14.8 Å². The Morgan fingerprint density at radius 3 is 2.86 bits per heavy atom. The van der Waals surface area contributed by atoms with Gasteiger partial charge in [0.2, 0.25) is 6.79 Å². The summed E-state index contributed by atoms with van der Waals surface area (Å²) in [6.07, 6.45) is 1.56. The molecule has 0 radical (unpaired) electrons. The second-order valence-corrected chi connectivity index (χ2v) is 6.44. The van der Waals surface area contributed by atoms with Crippen LogP contribution >= 0.6 is 0 Å². The van der Waals surface area contributed by atoms with E-state index in [9.17, 15) is 9.18 Å². The van der Waals surface area contributed by atoms with Crippen molar-refractivity contribution < 1.29 is 23.1 Å². The van der Waals surface area contributed by atoms with Gasteiger partial charge in [0.05, 0.1) is 11.8 Å². The molecule has 140 valence electrons. The zero-order valence-corrected chi connectivity index (χ0v) is 14.6. The summed E-state index contributed by atoms with van der Waals surface area (Å²) in [6, 6.07) is 15.0. The number of fused-ring (bicyclic) bond motifs is 2. The Hall–Kier alpha value is -3.74. The second kappa shape index (κ2) is 6.45. The highest BCUT2D eigenvalue weighted by Crippen LogP contribution is 2.34. The molecule has 0 saturated heterocycles. The van der Waals surface area contributed by atoms with Gasteiger partial charge in [-0.1, -0.05) is 12.1 Å². The minimum Gasteiger partial charge on any atom is -0.463 e. The molecule has 1 aliphatic heterocycles. The van der Waals surface area contributed by atoms with Crippen LogP contribution in [0.15, 0.2) is 65.3 Å². The summed E-state index contributed by atoms with van der Waals surface area (Å²) in [4.78, 5) is 12.9. The van der Waals surface area contributed by atoms with E-state index in [1.165, 1.54) is 12.1 Å². The molecule has 1 N–H and O–H groups in total. The van der Waals surface area contributed by atoms with E-state index in [-0.39, 0.29) is 18.5 Å². The molecule has 0 unspecified atom stereocenters. The summed E-state index contributed by atoms with van der Waals surface area (Å²) >= 11 is 0. The Balaban J connectivity index is 1.48. The van der Waals surface area contributed by atoms with Gasteiger partial charge < -0.3 is 23.8 Å². The van der Waals surface area contributed by atoms with Gasteiger partial charge in [-0.25, -0.2) is 4.39 Å². The van der Waals surface area contributed by atoms with Crippen molar-refractivity contribution in [2.45, 2.75) is 6.54 Å². The molecule has 4 aromatic rings. The summed E-state index contributed by atoms with van der Waals surface area (Å²) < 4.78 is 31.5. The van der Waals surface area contributed by atoms with Crippen molar-refractivity contribution in [1.29, 1.82) is 0 Å². The van der Waals surface area contributed by atoms with Crippen molar-refractivity contribution in [3.63, 3.8) is 0 Å². The molecule has 1 aliphatic rings. The first-order valence-electron chi connectivity index (χ1n) is 8.69. The number of hydrogen-bond acceptors (Lipinski definition) is 4. The number of amides is 1. The molecule has 1 amide bonds. The average molecular weight is 378 g/mol. The van der Waals surface area contributed by atoms with Gasteiger partial charge >= 0.3 is 0 Å². The van der Waals surface area contributed by atoms with Crippen LogP contribution in [0.4, 0.5) is 10.1 Å². The molecule has 0 fully saturated rings. The van der Waals surface area contributed by atoms with Crippen LogP contribution in [-0.2, 0) is 6.54 Å². The summed E-state index contributed by atoms with van der Waals surface area (Å²) in [5, 5.41) is 2.87. The zero-order chi connectivity index (χ0) is 19.1. The van der Waals surface area contributed by atoms with Crippen LogP contribution in [0.1, 0.15) is 16.1 Å². The van der Waals surface area contributed by atoms with Gasteiger partial charge in [0, 0.05) is 30.4 Å². The molecule has 6 nitrogen and oxygen atoms in total. The van der Waals surface area contributed by atoms with Crippen molar-refractivity contribution in [3.05, 3.63) is 77.9 Å². The maximum atomic E-state index is 13.6. The van der Waals surface area contributed by atoms with Crippen LogP contribution in [0.5, 0.6) is 11.5 Å². The molecule has 0 atom stereocenters. The van der Waals surface area contributed by atoms with E-state index in [1.54, 1.807) is 47.2 Å². The highest BCUT2D eigenvalue weighted by molar-refractivity contribution is 6.06. The third kappa shape index (κ3) is 2.87. The fraction of sp³-hybridized carbons (Fsp3) is 0.0952. The Labute approximate surface area is 159 Å². The first kappa shape index (κ1) is 16.4. The first-order valence-corrected chi connectivity index (χ1v) is 8.69. The molecule has 2 aromatic carbocycles. The van der Waals surface area contributed by atoms with Gasteiger partial charge in [-0.05, 0) is 29.8 Å². The van der Waals surface area contributed by atoms with Gasteiger partial charge in [-0.2, -0.15) is 0 Å². The van der Waals surface area contributed by atoms with Crippen LogP contribution in [0.3, 0.4) is 0 Å². The molecule has 0 aliphatic carbocycles. The number of nitrogens with one attached hydrogen (secondary N) is 1. The summed E-state index contributed by atoms with van der Waals surface area (Å²) in [5.74, 6) is 0.604. The van der Waals surface area contributed by atoms with E-state index in [2.05, 4.69) is 5.32 Å². The molecule has 3 heterocycles. The largest absolute Gasteiger partial charge is 0.463 e. The van der Waals surface area contributed by atoms with Crippen molar-refractivity contribution in [1.82, 2.24) is 4.57 Å². The predicted octanol–water partition coefficient (Wildman–Crippen LogP) is 4.40. The second-order valence-electron chi connectivity index (χ2n) is 6.44. The number of nitrogens with zero attached hydrogens (tertiary/aromatic N) is 1. The van der Waals surface area contributed by atoms with E-state index in [4.69, 9.17) is 13.9 Å². The fourth-order valence-electron chi connectivity index (χ4n) is 3.32. The van der Waals surface area contributed by atoms with Crippen molar-refractivity contribution >= 4 is 22.7 Å². The summed E-state index contributed by atoms with van der Waals surface area (Å²) in [7, 11) is 0. The molecule has 5 rings (SSSR count). The molecular weight excluding hydrogens is 363 g/mol. The molecule has 0 saturated carbocycles. The lowest BCUT2D eigenvalue weighted by atomic mass is 10.2. The van der Waals surface area contributed by atoms with Gasteiger partial charge in [-0.3, -0.25) is 4.79 Å². The molecule has 0 spiro atoms. The Bertz CT molecular complexity index is 1190. The number of carbonyl (C=O) groups is 1. The van der Waals surface area contributed by atoms with E-state index < -0.39 is 0 Å². The highest BCUT2D eigenvalue weighted by Gasteiger charge is 2.19. The topological polar surface area (TPSA) is 65.6 Å². The van der Waals surface area contributed by atoms with Crippen LogP contribution in [-0.4, -0.2) is 17.3 Å². The molecule has 28 heavy (non-hydrogen) atoms. The SMILES string of the molecule is O=C(Nc1ccc2c(c1)OCO2)c1cc2occc2n1Cc1cccc(F)c1. The minimum atomic E-state index is -0.320. The van der Waals surface area contributed by atoms with E-state index >= 15 is 0 Å². The van der Waals surface area contributed by atoms with Gasteiger partial charge in [0.1, 0.15) is 11.5 Å². The highest BCUT2D eigenvalue weighted by atomic mass is 19.1. The van der Waals surface area contributed by atoms with E-state index in [0.717, 1.165) is 11.1 Å². The van der Waals surface area contributed by atoms with Crippen LogP contribution in [0.25, 0.3) is 11.1 Å². The lowest BCUT2D eigenvalue weighted by molar-refractivity contribution is 0.101. The normalized spacial score (nSPS) is 12.5. The lowest BCUT2D eigenvalue weighted by Crippen LogP contribution is -2.17. The van der Waals surface area contributed by atoms with Gasteiger partial charge in [0.25, 0.3) is 5.91 Å². The Kier molecular flexibility index (Phi) is 3.79. The number of furan rings is 1. The Morgan fingerprint density at radius 1 is 1.07 bits per heavy atom. The number of aromatic nitrogens is 1. The number of benzene rings is 2. The lowest BCUT2D eigenvalue weighted by Gasteiger charge is -2.11. The minimum absolute atomic E-state index is 0.166. The smallest absolute Gasteiger partial charge is 0.272 e. The quantitative estimate of drug-likeness (QED) is 0.572. The van der Waals surface area contributed by atoms with Gasteiger partial charge in [-0.15, -0.1) is 0 Å². The number of rotatable bonds is 4. The average Bonchev–Trinajstić information content (AvgIpc) is 3.38. The van der Waals surface area contributed by atoms with Gasteiger partial charge in [0.15, 0.2) is 17.1 Å². The maximum Gasteiger partial charge on any atom is 0.272 e. The molecule has 2 aromatic heterocycles. The molecule has 7 heteroatoms. The van der Waals surface area contributed by atoms with Crippen molar-refractivity contribution in [2.75, 3.05) is 12.1 Å². The number of ether oxygens (including phenoxy) is 2. The zero-order valence-electron chi connectivity index (χ0n) is 14.6. The summed E-state index contributed by atoms with van der Waals surface area (Å²) in [6.45, 7) is 0.504. The molecule has 0 bridgehead atoms. The predicted molar refractivity (Wildman–Crippen MR) is 100 cm³/mol. The van der Waals surface area contributed by atoms with E-state index in [0.29, 0.717) is 35.0 Å². The summed E-state index contributed by atoms with van der Waals surface area (Å²) in [5.41, 5.74) is 3.10. The van der Waals surface area contributed by atoms with Crippen LogP contribution in [0.2, 0.25) is 0 Å². The standard InChI is InChI=1S/C21H15FN2O4/c22-14-3-1-2-13(8-14)11-24-16-6-7-26-19(16)10-17(24)21(25)23-15-4-5-18-20(9-15)28-12-27-18/h1-10H,11-12H2,(H,23,25). The first-order chi connectivity index (χ1) is 13.7. The number of anilines is 1. The number of halogens is 1. The van der Waals surface area contributed by atoms with E-state index in [1.807, 2.05) is 6.07 Å². The third-order valence-corrected chi connectivity index (χ3v) is 4.62. The maximum absolute atomic E-state index is 13.6. The molecular formula is C21H15FN2O4. The monoisotopic (exact) mass is 378 g/mol. The third-order valence-electron chi connectivity index (χ3n) is 4.62. The number of hydrogen-bond donors (Lipinski definition) is 1. The number of carbonyl (C=O) groups excluding carboxylic acids is 1. The Morgan fingerprint density at radius 2 is 1.96 bits per heavy atom. The van der Waals surface area contributed by atoms with Crippen molar-refractivity contribution in [2.24, 2.45) is 0 Å². The van der Waals surface area contributed by atoms with Crippen molar-refractivity contribution in [3.8, 4) is 11.5 Å². The van der Waals surface area contributed by atoms with Crippen LogP contribution in [0, 0.1) is 5.82 Å². The fourth-order valence-corrected chi connectivity index (χ4v) is 3.32.